The van der Waals surface area contributed by atoms with Crippen molar-refractivity contribution < 1.29 is 19.4 Å². The first-order valence-electron chi connectivity index (χ1n) is 11.0. The summed E-state index contributed by atoms with van der Waals surface area (Å²) in [6.07, 6.45) is 3.27. The minimum Gasteiger partial charge on any atom is -0.491 e. The number of aliphatic imine (C=N–C) groups is 2. The van der Waals surface area contributed by atoms with Gasteiger partial charge in [-0.2, -0.15) is 0 Å². The van der Waals surface area contributed by atoms with E-state index in [9.17, 15) is 9.90 Å². The fourth-order valence-electron chi connectivity index (χ4n) is 4.29. The lowest BCUT2D eigenvalue weighted by atomic mass is 10.1. The molecule has 0 aliphatic carbocycles. The van der Waals surface area contributed by atoms with Crippen LogP contribution in [0.25, 0.3) is 0 Å². The number of nitrogens with one attached hydrogen (secondary N) is 1. The lowest BCUT2D eigenvalue weighted by Gasteiger charge is -2.28. The van der Waals surface area contributed by atoms with E-state index in [1.165, 1.54) is 30.4 Å². The molecule has 3 aliphatic rings. The number of benzene rings is 1. The Morgan fingerprint density at radius 1 is 1.30 bits per heavy atom. The van der Waals surface area contributed by atoms with Crippen molar-refractivity contribution in [3.05, 3.63) is 34.3 Å². The molecule has 1 fully saturated rings. The Hall–Kier alpha value is -3.02. The van der Waals surface area contributed by atoms with Crippen molar-refractivity contribution in [3.8, 4) is 11.5 Å². The van der Waals surface area contributed by atoms with Gasteiger partial charge in [-0.3, -0.25) is 25.0 Å². The van der Waals surface area contributed by atoms with E-state index >= 15 is 0 Å². The Morgan fingerprint density at radius 3 is 2.91 bits per heavy atom. The molecule has 1 amide bonds. The zero-order valence-corrected chi connectivity index (χ0v) is 19.2. The number of amidine groups is 1. The van der Waals surface area contributed by atoms with Crippen molar-refractivity contribution in [2.75, 3.05) is 46.4 Å². The van der Waals surface area contributed by atoms with Crippen LogP contribution < -0.4 is 14.8 Å². The van der Waals surface area contributed by atoms with Crippen LogP contribution in [0, 0.1) is 0 Å². The molecule has 10 nitrogen and oxygen atoms in total. The van der Waals surface area contributed by atoms with Gasteiger partial charge in [-0.05, 0) is 38.1 Å². The summed E-state index contributed by atoms with van der Waals surface area (Å²) in [5, 5.41) is 13.3. The van der Waals surface area contributed by atoms with Crippen molar-refractivity contribution in [2.45, 2.75) is 18.9 Å². The van der Waals surface area contributed by atoms with Crippen LogP contribution in [-0.2, 0) is 0 Å². The smallest absolute Gasteiger partial charge is 0.269 e. The lowest BCUT2D eigenvalue weighted by molar-refractivity contribution is 0.0747. The number of aromatic nitrogens is 1. The second-order valence-electron chi connectivity index (χ2n) is 8.08. The van der Waals surface area contributed by atoms with E-state index in [1.807, 2.05) is 17.0 Å². The Labute approximate surface area is 195 Å². The van der Waals surface area contributed by atoms with Crippen LogP contribution in [0.15, 0.2) is 33.8 Å². The molecule has 0 unspecified atom stereocenters. The molecule has 0 spiro atoms. The first-order valence-corrected chi connectivity index (χ1v) is 11.9. The Bertz CT molecular complexity index is 1080. The van der Waals surface area contributed by atoms with Crippen LogP contribution in [0.4, 0.5) is 5.69 Å². The number of aliphatic hydroxyl groups is 1. The first-order chi connectivity index (χ1) is 16.1. The largest absolute Gasteiger partial charge is 0.491 e. The third-order valence-electron chi connectivity index (χ3n) is 5.83. The number of amides is 1. The highest BCUT2D eigenvalue weighted by atomic mass is 32.1. The van der Waals surface area contributed by atoms with Crippen molar-refractivity contribution in [1.29, 1.82) is 0 Å². The summed E-state index contributed by atoms with van der Waals surface area (Å²) in [4.78, 5) is 30.6. The zero-order valence-electron chi connectivity index (χ0n) is 18.4. The third kappa shape index (κ3) is 4.43. The zero-order chi connectivity index (χ0) is 22.8. The third-order valence-corrected chi connectivity index (χ3v) is 6.61. The fraction of sp³-hybridized carbons (Fsp3) is 0.455. The molecule has 1 aromatic heterocycles. The predicted molar refractivity (Wildman–Crippen MR) is 125 cm³/mol. The van der Waals surface area contributed by atoms with Gasteiger partial charge in [0, 0.05) is 18.7 Å². The highest BCUT2D eigenvalue weighted by molar-refractivity contribution is 7.11. The summed E-state index contributed by atoms with van der Waals surface area (Å²) in [6.45, 7) is 4.00. The summed E-state index contributed by atoms with van der Waals surface area (Å²) in [5.41, 5.74) is 2.96. The van der Waals surface area contributed by atoms with Gasteiger partial charge in [0.05, 0.1) is 25.4 Å². The van der Waals surface area contributed by atoms with Gasteiger partial charge in [0.15, 0.2) is 11.5 Å². The van der Waals surface area contributed by atoms with E-state index in [0.29, 0.717) is 47.7 Å². The predicted octanol–water partition coefficient (Wildman–Crippen LogP) is 1.48. The highest BCUT2D eigenvalue weighted by Crippen LogP contribution is 2.43. The number of ether oxygens (including phenoxy) is 2. The molecular formula is C22H26N6O4S. The van der Waals surface area contributed by atoms with Crippen LogP contribution in [0.3, 0.4) is 0 Å². The molecule has 33 heavy (non-hydrogen) atoms. The Kier molecular flexibility index (Phi) is 6.25. The second-order valence-corrected chi connectivity index (χ2v) is 8.96. The maximum absolute atomic E-state index is 12.6. The van der Waals surface area contributed by atoms with Crippen LogP contribution in [0.5, 0.6) is 11.5 Å². The maximum atomic E-state index is 12.6. The van der Waals surface area contributed by atoms with Gasteiger partial charge >= 0.3 is 0 Å². The summed E-state index contributed by atoms with van der Waals surface area (Å²) in [6, 6.07) is 3.71. The van der Waals surface area contributed by atoms with Crippen LogP contribution in [0.1, 0.15) is 28.1 Å². The molecule has 1 atom stereocenters. The van der Waals surface area contributed by atoms with Crippen LogP contribution in [-0.4, -0.2) is 90.1 Å². The molecule has 4 heterocycles. The number of nitrogens with zero attached hydrogens (tertiary/aromatic N) is 5. The monoisotopic (exact) mass is 470 g/mol. The number of β-amino-alcohol motifs (C(OH)–C–C–N with tert-alkyl or cyclic N) is 1. The molecule has 2 aromatic rings. The topological polar surface area (TPSA) is 112 Å². The van der Waals surface area contributed by atoms with E-state index in [2.05, 4.69) is 20.2 Å². The number of likely N-dealkylation sites (tertiary alicyclic amines) is 1. The number of hydrogen-bond donors (Lipinski definition) is 2. The average molecular weight is 471 g/mol. The normalized spacial score (nSPS) is 18.3. The number of rotatable bonds is 7. The summed E-state index contributed by atoms with van der Waals surface area (Å²) in [7, 11) is 1.55. The van der Waals surface area contributed by atoms with Crippen LogP contribution in [0.2, 0.25) is 0 Å². The SMILES string of the molecule is COc1c(OC[C@H](O)CN2CCCC2)ccc2c1N=C(NC(=O)c1cncs1)N1CCN=C21. The molecule has 1 aromatic carbocycles. The second kappa shape index (κ2) is 9.46. The Morgan fingerprint density at radius 2 is 2.15 bits per heavy atom. The summed E-state index contributed by atoms with van der Waals surface area (Å²) < 4.78 is 11.6. The minimum atomic E-state index is -0.601. The number of guanidine groups is 1. The van der Waals surface area contributed by atoms with Gasteiger partial charge in [0.2, 0.25) is 5.96 Å². The molecule has 174 valence electrons. The van der Waals surface area contributed by atoms with E-state index in [4.69, 9.17) is 14.5 Å². The lowest BCUT2D eigenvalue weighted by Crippen LogP contribution is -2.47. The van der Waals surface area contributed by atoms with Gasteiger partial charge in [-0.1, -0.05) is 0 Å². The number of carbonyl (C=O) groups is 1. The fourth-order valence-corrected chi connectivity index (χ4v) is 4.81. The molecule has 5 rings (SSSR count). The van der Waals surface area contributed by atoms with E-state index in [1.54, 1.807) is 12.6 Å². The van der Waals surface area contributed by atoms with E-state index < -0.39 is 6.10 Å². The van der Waals surface area contributed by atoms with E-state index in [0.717, 1.165) is 24.5 Å². The summed E-state index contributed by atoms with van der Waals surface area (Å²) in [5.74, 6) is 1.78. The maximum Gasteiger partial charge on any atom is 0.269 e. The molecule has 2 N–H and O–H groups in total. The van der Waals surface area contributed by atoms with Gasteiger partial charge in [-0.15, -0.1) is 11.3 Å². The number of methoxy groups -OCH3 is 1. The van der Waals surface area contributed by atoms with Crippen molar-refractivity contribution >= 4 is 34.7 Å². The van der Waals surface area contributed by atoms with Crippen molar-refractivity contribution in [1.82, 2.24) is 20.1 Å². The van der Waals surface area contributed by atoms with Crippen molar-refractivity contribution in [3.63, 3.8) is 0 Å². The van der Waals surface area contributed by atoms with Gasteiger partial charge in [-0.25, -0.2) is 4.99 Å². The average Bonchev–Trinajstić information content (AvgIpc) is 3.60. The Balaban J connectivity index is 1.39. The molecular weight excluding hydrogens is 444 g/mol. The number of carbonyl (C=O) groups excluding carboxylic acids is 1. The van der Waals surface area contributed by atoms with Crippen molar-refractivity contribution in [2.24, 2.45) is 9.98 Å². The first kappa shape index (κ1) is 21.8. The molecule has 0 bridgehead atoms. The van der Waals surface area contributed by atoms with Gasteiger partial charge < -0.3 is 19.5 Å². The molecule has 1 saturated heterocycles. The molecule has 0 radical (unpaired) electrons. The number of aliphatic hydroxyl groups excluding tert-OH is 1. The standard InChI is InChI=1S/C22H26N6O4S/c1-31-19-16(32-12-14(29)11-27-7-2-3-8-27)5-4-15-18(19)25-22(28-9-6-24-20(15)28)26-21(30)17-10-23-13-33-17/h4-5,10,13-14,29H,2-3,6-9,11-12H2,1H3,(H,25,26,30)/t14-/m1/s1. The van der Waals surface area contributed by atoms with Crippen LogP contribution >= 0.6 is 11.3 Å². The highest BCUT2D eigenvalue weighted by Gasteiger charge is 2.33. The van der Waals surface area contributed by atoms with E-state index in [-0.39, 0.29) is 12.5 Å². The number of hydrogen-bond acceptors (Lipinski definition) is 10. The molecule has 3 aliphatic heterocycles. The van der Waals surface area contributed by atoms with Gasteiger partial charge in [0.25, 0.3) is 5.91 Å². The number of fused-ring (bicyclic) bond motifs is 3. The molecule has 11 heteroatoms. The molecule has 0 saturated carbocycles. The number of thiazole rings is 1. The van der Waals surface area contributed by atoms with Gasteiger partial charge in [0.1, 0.15) is 29.1 Å². The quantitative estimate of drug-likeness (QED) is 0.630. The summed E-state index contributed by atoms with van der Waals surface area (Å²) >= 11 is 1.26. The minimum absolute atomic E-state index is 0.150.